The van der Waals surface area contributed by atoms with Crippen LogP contribution in [0, 0.1) is 11.8 Å². The van der Waals surface area contributed by atoms with Crippen molar-refractivity contribution in [2.24, 2.45) is 11.8 Å². The van der Waals surface area contributed by atoms with Gasteiger partial charge < -0.3 is 10.6 Å². The van der Waals surface area contributed by atoms with Crippen molar-refractivity contribution in [1.82, 2.24) is 10.6 Å². The summed E-state index contributed by atoms with van der Waals surface area (Å²) < 4.78 is 0. The highest BCUT2D eigenvalue weighted by molar-refractivity contribution is 5.85. The van der Waals surface area contributed by atoms with E-state index in [1.807, 2.05) is 0 Å². The number of carbonyl (C=O) groups excluding carboxylic acids is 1. The molecular formula is C18H35ClN2O. The molecule has 1 saturated carbocycles. The van der Waals surface area contributed by atoms with Crippen LogP contribution in [0.2, 0.25) is 0 Å². The molecule has 2 fully saturated rings. The van der Waals surface area contributed by atoms with Gasteiger partial charge in [0.2, 0.25) is 5.91 Å². The Morgan fingerprint density at radius 3 is 2.59 bits per heavy atom. The Balaban J connectivity index is 0.00000242. The van der Waals surface area contributed by atoms with Gasteiger partial charge in [0.05, 0.1) is 0 Å². The zero-order chi connectivity index (χ0) is 15.1. The van der Waals surface area contributed by atoms with Crippen molar-refractivity contribution in [2.75, 3.05) is 6.54 Å². The van der Waals surface area contributed by atoms with Crippen molar-refractivity contribution in [3.63, 3.8) is 0 Å². The molecular weight excluding hydrogens is 296 g/mol. The maximum atomic E-state index is 12.7. The lowest BCUT2D eigenvalue weighted by molar-refractivity contribution is -0.126. The second-order valence-electron chi connectivity index (χ2n) is 7.31. The Kier molecular flexibility index (Phi) is 9.42. The SMILES string of the molecule is CCCC(CC1CCCCC1)C(=O)NC1CCNC(C)C1.Cl. The topological polar surface area (TPSA) is 41.1 Å². The zero-order valence-electron chi connectivity index (χ0n) is 14.4. The van der Waals surface area contributed by atoms with E-state index in [-0.39, 0.29) is 18.3 Å². The predicted octanol–water partition coefficient (Wildman–Crippen LogP) is 4.05. The molecule has 3 unspecified atom stereocenters. The number of nitrogens with one attached hydrogen (secondary N) is 2. The van der Waals surface area contributed by atoms with Crippen LogP contribution in [0.4, 0.5) is 0 Å². The number of hydrogen-bond donors (Lipinski definition) is 2. The van der Waals surface area contributed by atoms with Crippen LogP contribution in [0.1, 0.15) is 78.1 Å². The maximum Gasteiger partial charge on any atom is 0.223 e. The maximum absolute atomic E-state index is 12.7. The molecule has 0 aromatic carbocycles. The summed E-state index contributed by atoms with van der Waals surface area (Å²) in [6.45, 7) is 5.45. The fourth-order valence-corrected chi connectivity index (χ4v) is 4.11. The normalized spacial score (nSPS) is 27.7. The van der Waals surface area contributed by atoms with E-state index in [4.69, 9.17) is 0 Å². The minimum absolute atomic E-state index is 0. The summed E-state index contributed by atoms with van der Waals surface area (Å²) in [4.78, 5) is 12.7. The molecule has 1 amide bonds. The monoisotopic (exact) mass is 330 g/mol. The second kappa shape index (κ2) is 10.5. The van der Waals surface area contributed by atoms with Crippen LogP contribution in [0.5, 0.6) is 0 Å². The molecule has 0 radical (unpaired) electrons. The minimum Gasteiger partial charge on any atom is -0.353 e. The zero-order valence-corrected chi connectivity index (χ0v) is 15.2. The summed E-state index contributed by atoms with van der Waals surface area (Å²) in [6.07, 6.45) is 12.3. The van der Waals surface area contributed by atoms with E-state index in [0.29, 0.717) is 18.0 Å². The van der Waals surface area contributed by atoms with Crippen LogP contribution in [-0.4, -0.2) is 24.5 Å². The standard InChI is InChI=1S/C18H34N2O.ClH/c1-3-7-16(13-15-8-5-4-6-9-15)18(21)20-17-10-11-19-14(2)12-17;/h14-17,19H,3-13H2,1-2H3,(H,20,21);1H. The van der Waals surface area contributed by atoms with Crippen LogP contribution in [0.25, 0.3) is 0 Å². The summed E-state index contributed by atoms with van der Waals surface area (Å²) >= 11 is 0. The van der Waals surface area contributed by atoms with Crippen LogP contribution < -0.4 is 10.6 Å². The molecule has 1 aliphatic carbocycles. The van der Waals surface area contributed by atoms with E-state index in [1.165, 1.54) is 32.1 Å². The largest absolute Gasteiger partial charge is 0.353 e. The molecule has 130 valence electrons. The van der Waals surface area contributed by atoms with Crippen LogP contribution in [0.15, 0.2) is 0 Å². The third-order valence-electron chi connectivity index (χ3n) is 5.32. The highest BCUT2D eigenvalue weighted by Gasteiger charge is 2.26. The minimum atomic E-state index is 0. The van der Waals surface area contributed by atoms with E-state index >= 15 is 0 Å². The molecule has 22 heavy (non-hydrogen) atoms. The highest BCUT2D eigenvalue weighted by Crippen LogP contribution is 2.30. The van der Waals surface area contributed by atoms with Gasteiger partial charge in [-0.2, -0.15) is 0 Å². The summed E-state index contributed by atoms with van der Waals surface area (Å²) in [7, 11) is 0. The van der Waals surface area contributed by atoms with Gasteiger partial charge in [0.25, 0.3) is 0 Å². The Hall–Kier alpha value is -0.280. The molecule has 0 aromatic heterocycles. The molecule has 2 rings (SSSR count). The molecule has 2 aliphatic rings. The average molecular weight is 331 g/mol. The first-order valence-corrected chi connectivity index (χ1v) is 9.22. The lowest BCUT2D eigenvalue weighted by atomic mass is 9.81. The summed E-state index contributed by atoms with van der Waals surface area (Å²) in [5.74, 6) is 1.39. The number of carbonyl (C=O) groups is 1. The van der Waals surface area contributed by atoms with Crippen LogP contribution in [0.3, 0.4) is 0 Å². The fourth-order valence-electron chi connectivity index (χ4n) is 4.11. The van der Waals surface area contributed by atoms with Gasteiger partial charge in [-0.15, -0.1) is 12.4 Å². The van der Waals surface area contributed by atoms with E-state index in [2.05, 4.69) is 24.5 Å². The van der Waals surface area contributed by atoms with Gasteiger partial charge in [0, 0.05) is 18.0 Å². The predicted molar refractivity (Wildman–Crippen MR) is 95.5 cm³/mol. The number of hydrogen-bond acceptors (Lipinski definition) is 2. The van der Waals surface area contributed by atoms with Crippen molar-refractivity contribution in [2.45, 2.75) is 90.1 Å². The van der Waals surface area contributed by atoms with Gasteiger partial charge in [-0.3, -0.25) is 4.79 Å². The lowest BCUT2D eigenvalue weighted by Crippen LogP contribution is -2.48. The first kappa shape index (κ1) is 19.8. The van der Waals surface area contributed by atoms with Crippen LogP contribution in [-0.2, 0) is 4.79 Å². The molecule has 0 aromatic rings. The number of amides is 1. The Labute approximate surface area is 142 Å². The third kappa shape index (κ3) is 6.45. The van der Waals surface area contributed by atoms with Crippen molar-refractivity contribution >= 4 is 18.3 Å². The molecule has 0 bridgehead atoms. The number of halogens is 1. The Bertz CT molecular complexity index is 318. The first-order valence-electron chi connectivity index (χ1n) is 9.22. The van der Waals surface area contributed by atoms with Gasteiger partial charge in [-0.25, -0.2) is 0 Å². The molecule has 1 saturated heterocycles. The summed E-state index contributed by atoms with van der Waals surface area (Å²) in [5.41, 5.74) is 0. The lowest BCUT2D eigenvalue weighted by Gasteiger charge is -2.31. The molecule has 3 nitrogen and oxygen atoms in total. The van der Waals surface area contributed by atoms with E-state index in [9.17, 15) is 4.79 Å². The van der Waals surface area contributed by atoms with Gasteiger partial charge in [0.15, 0.2) is 0 Å². The quantitative estimate of drug-likeness (QED) is 0.771. The second-order valence-corrected chi connectivity index (χ2v) is 7.31. The van der Waals surface area contributed by atoms with Crippen molar-refractivity contribution in [3.8, 4) is 0 Å². The third-order valence-corrected chi connectivity index (χ3v) is 5.32. The Morgan fingerprint density at radius 1 is 1.23 bits per heavy atom. The van der Waals surface area contributed by atoms with E-state index in [1.54, 1.807) is 0 Å². The van der Waals surface area contributed by atoms with E-state index < -0.39 is 0 Å². The molecule has 2 N–H and O–H groups in total. The molecule has 1 heterocycles. The van der Waals surface area contributed by atoms with Crippen molar-refractivity contribution in [1.29, 1.82) is 0 Å². The van der Waals surface area contributed by atoms with Crippen molar-refractivity contribution in [3.05, 3.63) is 0 Å². The smallest absolute Gasteiger partial charge is 0.223 e. The average Bonchev–Trinajstić information content (AvgIpc) is 2.48. The van der Waals surface area contributed by atoms with Crippen LogP contribution >= 0.6 is 12.4 Å². The van der Waals surface area contributed by atoms with Gasteiger partial charge in [-0.05, 0) is 45.1 Å². The fraction of sp³-hybridized carbons (Fsp3) is 0.944. The molecule has 4 heteroatoms. The van der Waals surface area contributed by atoms with Gasteiger partial charge in [-0.1, -0.05) is 45.4 Å². The summed E-state index contributed by atoms with van der Waals surface area (Å²) in [5, 5.41) is 6.80. The highest BCUT2D eigenvalue weighted by atomic mass is 35.5. The molecule has 1 aliphatic heterocycles. The number of piperidine rings is 1. The first-order chi connectivity index (χ1) is 10.2. The molecule has 0 spiro atoms. The summed E-state index contributed by atoms with van der Waals surface area (Å²) in [6, 6.07) is 0.923. The molecule has 3 atom stereocenters. The van der Waals surface area contributed by atoms with Gasteiger partial charge in [0.1, 0.15) is 0 Å². The number of rotatable bonds is 6. The Morgan fingerprint density at radius 2 is 1.95 bits per heavy atom. The van der Waals surface area contributed by atoms with Crippen molar-refractivity contribution < 1.29 is 4.79 Å². The van der Waals surface area contributed by atoms with E-state index in [0.717, 1.165) is 44.6 Å². The van der Waals surface area contributed by atoms with Gasteiger partial charge >= 0.3 is 0 Å².